The van der Waals surface area contributed by atoms with Crippen molar-refractivity contribution in [3.63, 3.8) is 0 Å². The molecule has 0 unspecified atom stereocenters. The molecule has 10 heteroatoms. The zero-order valence-electron chi connectivity index (χ0n) is 17.9. The lowest BCUT2D eigenvalue weighted by Gasteiger charge is -2.40. The number of aromatic nitrogens is 2. The highest BCUT2D eigenvalue weighted by Crippen LogP contribution is 2.36. The second-order valence-corrected chi connectivity index (χ2v) is 8.66. The largest absolute Gasteiger partial charge is 0.454 e. The third kappa shape index (κ3) is 4.34. The van der Waals surface area contributed by atoms with E-state index in [-0.39, 0.29) is 6.79 Å². The molecule has 1 aromatic heterocycles. The normalized spacial score (nSPS) is 26.0. The Morgan fingerprint density at radius 3 is 2.47 bits per heavy atom. The SMILES string of the molecule is OC[C@H]1O[C@@H](c2ccc(Cl)c(Cc3ccc(-c4ccc5c(c4)OCO5)nn3)c2)[C@H](O)[C@@H](O)[C@@H]1O. The van der Waals surface area contributed by atoms with Crippen LogP contribution in [-0.4, -0.2) is 68.4 Å². The lowest BCUT2D eigenvalue weighted by Crippen LogP contribution is -2.55. The van der Waals surface area contributed by atoms with Gasteiger partial charge in [0.15, 0.2) is 11.5 Å². The summed E-state index contributed by atoms with van der Waals surface area (Å²) in [5.74, 6) is 1.36. The molecular weight excluding hydrogens is 464 g/mol. The van der Waals surface area contributed by atoms with Crippen molar-refractivity contribution in [3.8, 4) is 22.8 Å². The van der Waals surface area contributed by atoms with Crippen LogP contribution in [0.3, 0.4) is 0 Å². The molecule has 0 radical (unpaired) electrons. The first-order chi connectivity index (χ1) is 16.4. The quantitative estimate of drug-likeness (QED) is 0.424. The number of rotatable bonds is 5. The van der Waals surface area contributed by atoms with E-state index in [1.54, 1.807) is 18.2 Å². The molecule has 2 aliphatic heterocycles. The lowest BCUT2D eigenvalue weighted by molar-refractivity contribution is -0.231. The number of ether oxygens (including phenoxy) is 3. The number of benzene rings is 2. The Hall–Kier alpha value is -2.79. The number of aliphatic hydroxyl groups is 4. The zero-order chi connectivity index (χ0) is 23.8. The van der Waals surface area contributed by atoms with Crippen LogP contribution in [0.1, 0.15) is 22.9 Å². The Kier molecular flexibility index (Phi) is 6.39. The van der Waals surface area contributed by atoms with Crippen LogP contribution in [0.25, 0.3) is 11.3 Å². The maximum absolute atomic E-state index is 10.4. The van der Waals surface area contributed by atoms with Crippen LogP contribution in [0.2, 0.25) is 5.02 Å². The van der Waals surface area contributed by atoms with Crippen molar-refractivity contribution in [2.75, 3.05) is 13.4 Å². The topological polar surface area (TPSA) is 134 Å². The summed E-state index contributed by atoms with van der Waals surface area (Å²) in [4.78, 5) is 0. The Balaban J connectivity index is 1.35. The van der Waals surface area contributed by atoms with Crippen molar-refractivity contribution >= 4 is 11.6 Å². The van der Waals surface area contributed by atoms with Crippen LogP contribution in [0.15, 0.2) is 48.5 Å². The van der Waals surface area contributed by atoms with Gasteiger partial charge >= 0.3 is 0 Å². The first kappa shape index (κ1) is 23.0. The van der Waals surface area contributed by atoms with Crippen molar-refractivity contribution in [2.45, 2.75) is 36.9 Å². The summed E-state index contributed by atoms with van der Waals surface area (Å²) in [5.41, 5.74) is 3.49. The molecule has 3 aromatic rings. The predicted octanol–water partition coefficient (Wildman–Crippen LogP) is 1.63. The number of hydrogen-bond donors (Lipinski definition) is 4. The van der Waals surface area contributed by atoms with Crippen molar-refractivity contribution in [3.05, 3.63) is 70.4 Å². The summed E-state index contributed by atoms with van der Waals surface area (Å²) in [6, 6.07) is 14.4. The minimum absolute atomic E-state index is 0.201. The molecule has 4 N–H and O–H groups in total. The fourth-order valence-electron chi connectivity index (χ4n) is 4.14. The average molecular weight is 487 g/mol. The van der Waals surface area contributed by atoms with Gasteiger partial charge in [0.1, 0.15) is 30.5 Å². The molecule has 0 saturated carbocycles. The van der Waals surface area contributed by atoms with Crippen molar-refractivity contribution in [2.24, 2.45) is 0 Å². The van der Waals surface area contributed by atoms with Gasteiger partial charge in [0.25, 0.3) is 0 Å². The second kappa shape index (κ2) is 9.46. The number of hydrogen-bond acceptors (Lipinski definition) is 9. The van der Waals surface area contributed by atoms with E-state index in [2.05, 4.69) is 10.2 Å². The summed E-state index contributed by atoms with van der Waals surface area (Å²) in [5, 5.41) is 49.2. The molecule has 178 valence electrons. The molecule has 1 saturated heterocycles. The summed E-state index contributed by atoms with van der Waals surface area (Å²) in [6.45, 7) is -0.292. The van der Waals surface area contributed by atoms with Gasteiger partial charge in [0, 0.05) is 17.0 Å². The molecule has 34 heavy (non-hydrogen) atoms. The van der Waals surface area contributed by atoms with Gasteiger partial charge in [-0.15, -0.1) is 0 Å². The third-order valence-corrected chi connectivity index (χ3v) is 6.42. The molecule has 3 heterocycles. The fraction of sp³-hybridized carbons (Fsp3) is 0.333. The van der Waals surface area contributed by atoms with Gasteiger partial charge in [-0.25, -0.2) is 0 Å². The summed E-state index contributed by atoms with van der Waals surface area (Å²) in [7, 11) is 0. The molecule has 0 bridgehead atoms. The van der Waals surface area contributed by atoms with E-state index < -0.39 is 37.1 Å². The Labute approximate surface area is 200 Å². The van der Waals surface area contributed by atoms with E-state index >= 15 is 0 Å². The van der Waals surface area contributed by atoms with Crippen molar-refractivity contribution < 1.29 is 34.6 Å². The Morgan fingerprint density at radius 2 is 1.71 bits per heavy atom. The maximum Gasteiger partial charge on any atom is 0.231 e. The van der Waals surface area contributed by atoms with E-state index in [0.29, 0.717) is 39.9 Å². The lowest BCUT2D eigenvalue weighted by atomic mass is 9.90. The molecule has 0 aliphatic carbocycles. The summed E-state index contributed by atoms with van der Waals surface area (Å²) in [6.07, 6.45) is -5.79. The Bertz CT molecular complexity index is 1170. The minimum atomic E-state index is -1.45. The van der Waals surface area contributed by atoms with E-state index in [1.165, 1.54) is 0 Å². The highest BCUT2D eigenvalue weighted by molar-refractivity contribution is 6.31. The van der Waals surface area contributed by atoms with Gasteiger partial charge in [-0.3, -0.25) is 0 Å². The van der Waals surface area contributed by atoms with Gasteiger partial charge in [-0.2, -0.15) is 10.2 Å². The molecule has 1 fully saturated rings. The average Bonchev–Trinajstić information content (AvgIpc) is 3.33. The van der Waals surface area contributed by atoms with E-state index in [9.17, 15) is 20.4 Å². The molecule has 0 amide bonds. The number of halogens is 1. The molecular formula is C24H23ClN2O7. The number of nitrogens with zero attached hydrogens (tertiary/aromatic N) is 2. The fourth-order valence-corrected chi connectivity index (χ4v) is 4.33. The first-order valence-electron chi connectivity index (χ1n) is 10.8. The smallest absolute Gasteiger partial charge is 0.231 e. The van der Waals surface area contributed by atoms with Crippen LogP contribution in [0.5, 0.6) is 11.5 Å². The van der Waals surface area contributed by atoms with Gasteiger partial charge in [0.05, 0.1) is 18.0 Å². The maximum atomic E-state index is 10.4. The van der Waals surface area contributed by atoms with E-state index in [1.807, 2.05) is 30.3 Å². The molecule has 5 atom stereocenters. The third-order valence-electron chi connectivity index (χ3n) is 6.05. The van der Waals surface area contributed by atoms with E-state index in [0.717, 1.165) is 11.1 Å². The molecule has 5 rings (SSSR count). The molecule has 0 spiro atoms. The van der Waals surface area contributed by atoms with Crippen LogP contribution < -0.4 is 9.47 Å². The van der Waals surface area contributed by atoms with Crippen LogP contribution in [0, 0.1) is 0 Å². The molecule has 2 aliphatic rings. The van der Waals surface area contributed by atoms with Crippen LogP contribution in [-0.2, 0) is 11.2 Å². The Morgan fingerprint density at radius 1 is 0.882 bits per heavy atom. The first-order valence-corrected chi connectivity index (χ1v) is 11.1. The van der Waals surface area contributed by atoms with Gasteiger partial charge < -0.3 is 34.6 Å². The summed E-state index contributed by atoms with van der Waals surface area (Å²) < 4.78 is 16.4. The number of aliphatic hydroxyl groups excluding tert-OH is 4. The van der Waals surface area contributed by atoms with Gasteiger partial charge in [0.2, 0.25) is 6.79 Å². The molecule has 2 aromatic carbocycles. The van der Waals surface area contributed by atoms with Crippen LogP contribution >= 0.6 is 11.6 Å². The zero-order valence-corrected chi connectivity index (χ0v) is 18.7. The summed E-state index contributed by atoms with van der Waals surface area (Å²) >= 11 is 6.40. The predicted molar refractivity (Wildman–Crippen MR) is 121 cm³/mol. The number of fused-ring (bicyclic) bond motifs is 1. The van der Waals surface area contributed by atoms with Crippen molar-refractivity contribution in [1.82, 2.24) is 10.2 Å². The van der Waals surface area contributed by atoms with Crippen molar-refractivity contribution in [1.29, 1.82) is 0 Å². The second-order valence-electron chi connectivity index (χ2n) is 8.26. The monoisotopic (exact) mass is 486 g/mol. The van der Waals surface area contributed by atoms with Crippen LogP contribution in [0.4, 0.5) is 0 Å². The van der Waals surface area contributed by atoms with E-state index in [4.69, 9.17) is 25.8 Å². The minimum Gasteiger partial charge on any atom is -0.454 e. The van der Waals surface area contributed by atoms with Gasteiger partial charge in [-0.1, -0.05) is 23.7 Å². The highest BCUT2D eigenvalue weighted by atomic mass is 35.5. The van der Waals surface area contributed by atoms with Gasteiger partial charge in [-0.05, 0) is 47.5 Å². The standard InChI is InChI=1S/C24H23ClN2O7/c25-16-4-1-13(24-23(31)22(30)21(29)20(10-28)34-24)7-14(16)8-15-3-5-17(27-26-15)12-2-6-18-19(9-12)33-11-32-18/h1-7,9,20-24,28-31H,8,10-11H2/t20-,21-,22+,23-,24+/m1/s1. The highest BCUT2D eigenvalue weighted by Gasteiger charge is 2.44. The molecule has 9 nitrogen and oxygen atoms in total.